The van der Waals surface area contributed by atoms with Crippen molar-refractivity contribution in [2.75, 3.05) is 12.4 Å². The van der Waals surface area contributed by atoms with E-state index in [0.717, 1.165) is 17.0 Å². The quantitative estimate of drug-likeness (QED) is 0.929. The first-order chi connectivity index (χ1) is 10.2. The number of nitrogens with zero attached hydrogens (tertiary/aromatic N) is 1. The molecule has 5 nitrogen and oxygen atoms in total. The summed E-state index contributed by atoms with van der Waals surface area (Å²) in [4.78, 5) is 4.32. The Labute approximate surface area is 127 Å². The van der Waals surface area contributed by atoms with Crippen molar-refractivity contribution in [2.45, 2.75) is 19.5 Å². The molecule has 0 saturated carbocycles. The third-order valence-electron chi connectivity index (χ3n) is 3.13. The minimum absolute atomic E-state index is 0.180. The van der Waals surface area contributed by atoms with Crippen LogP contribution in [0.3, 0.4) is 0 Å². The van der Waals surface area contributed by atoms with Gasteiger partial charge in [-0.05, 0) is 25.1 Å². The zero-order valence-electron chi connectivity index (χ0n) is 11.7. The lowest BCUT2D eigenvalue weighted by Crippen LogP contribution is -2.31. The molecule has 0 bridgehead atoms. The zero-order valence-corrected chi connectivity index (χ0v) is 12.4. The summed E-state index contributed by atoms with van der Waals surface area (Å²) in [5.74, 6) is 1.27. The Balaban J connectivity index is 1.80. The highest BCUT2D eigenvalue weighted by Gasteiger charge is 2.29. The number of benzene rings is 1. The van der Waals surface area contributed by atoms with E-state index < -0.39 is 0 Å². The van der Waals surface area contributed by atoms with E-state index in [4.69, 9.17) is 25.8 Å². The predicted octanol–water partition coefficient (Wildman–Crippen LogP) is 3.88. The van der Waals surface area contributed by atoms with Crippen molar-refractivity contribution in [2.24, 2.45) is 0 Å². The number of ether oxygens (including phenoxy) is 3. The van der Waals surface area contributed by atoms with Crippen molar-refractivity contribution < 1.29 is 14.2 Å². The zero-order chi connectivity index (χ0) is 14.8. The van der Waals surface area contributed by atoms with E-state index in [9.17, 15) is 0 Å². The van der Waals surface area contributed by atoms with Gasteiger partial charge in [0.2, 0.25) is 0 Å². The summed E-state index contributed by atoms with van der Waals surface area (Å²) in [5, 5.41) is 3.64. The van der Waals surface area contributed by atoms with Crippen LogP contribution in [-0.2, 0) is 9.47 Å². The molecule has 1 aromatic heterocycles. The minimum Gasteiger partial charge on any atom is -0.495 e. The van der Waals surface area contributed by atoms with Crippen molar-refractivity contribution in [3.63, 3.8) is 0 Å². The van der Waals surface area contributed by atoms with Gasteiger partial charge in [0.15, 0.2) is 12.6 Å². The first kappa shape index (κ1) is 14.1. The van der Waals surface area contributed by atoms with Crippen LogP contribution >= 0.6 is 11.6 Å². The molecule has 1 N–H and O–H groups in total. The molecule has 2 heterocycles. The van der Waals surface area contributed by atoms with Crippen molar-refractivity contribution in [1.29, 1.82) is 0 Å². The van der Waals surface area contributed by atoms with Gasteiger partial charge in [-0.2, -0.15) is 0 Å². The van der Waals surface area contributed by atoms with E-state index in [1.807, 2.05) is 31.2 Å². The molecule has 6 heteroatoms. The first-order valence-electron chi connectivity index (χ1n) is 6.54. The van der Waals surface area contributed by atoms with Crippen LogP contribution in [0.25, 0.3) is 0 Å². The number of hydrogen-bond donors (Lipinski definition) is 1. The molecule has 0 atom stereocenters. The molecule has 1 aromatic carbocycles. The third-order valence-corrected chi connectivity index (χ3v) is 3.41. The summed E-state index contributed by atoms with van der Waals surface area (Å²) in [6, 6.07) is 9.34. The molecule has 0 aliphatic carbocycles. The summed E-state index contributed by atoms with van der Waals surface area (Å²) in [6.07, 6.45) is 1.12. The number of para-hydroxylation sites is 2. The fourth-order valence-corrected chi connectivity index (χ4v) is 2.29. The Bertz CT molecular complexity index is 645. The maximum absolute atomic E-state index is 6.26. The van der Waals surface area contributed by atoms with Gasteiger partial charge in [-0.1, -0.05) is 23.7 Å². The molecule has 21 heavy (non-hydrogen) atoms. The lowest BCUT2D eigenvalue weighted by molar-refractivity contribution is -0.382. The van der Waals surface area contributed by atoms with Gasteiger partial charge in [0.05, 0.1) is 17.8 Å². The summed E-state index contributed by atoms with van der Waals surface area (Å²) in [6.45, 7) is 1.84. The van der Waals surface area contributed by atoms with Gasteiger partial charge in [-0.15, -0.1) is 0 Å². The number of pyridine rings is 1. The van der Waals surface area contributed by atoms with Gasteiger partial charge in [0.1, 0.15) is 11.6 Å². The van der Waals surface area contributed by atoms with Crippen molar-refractivity contribution in [3.05, 3.63) is 47.1 Å². The fraction of sp³-hybridized carbons (Fsp3) is 0.267. The standard InChI is InChI=1S/C15H15ClN2O3/c1-9-20-15(21-9)10-7-11(16)14(17-8-10)18-12-5-3-4-6-13(12)19-2/h3-9,15H,1-2H3,(H,17,18). The minimum atomic E-state index is -0.384. The van der Waals surface area contributed by atoms with Gasteiger partial charge >= 0.3 is 0 Å². The van der Waals surface area contributed by atoms with Gasteiger partial charge < -0.3 is 19.5 Å². The maximum atomic E-state index is 6.26. The molecule has 0 unspecified atom stereocenters. The Morgan fingerprint density at radius 3 is 2.71 bits per heavy atom. The molecular formula is C15H15ClN2O3. The maximum Gasteiger partial charge on any atom is 0.191 e. The molecule has 2 aromatic rings. The van der Waals surface area contributed by atoms with E-state index in [0.29, 0.717) is 10.8 Å². The second-order valence-corrected chi connectivity index (χ2v) is 5.00. The lowest BCUT2D eigenvalue weighted by atomic mass is 10.2. The van der Waals surface area contributed by atoms with Crippen LogP contribution in [0, 0.1) is 0 Å². The Morgan fingerprint density at radius 2 is 2.05 bits per heavy atom. The molecular weight excluding hydrogens is 292 g/mol. The van der Waals surface area contributed by atoms with Crippen LogP contribution in [0.4, 0.5) is 11.5 Å². The second-order valence-electron chi connectivity index (χ2n) is 4.60. The molecule has 0 spiro atoms. The number of anilines is 2. The highest BCUT2D eigenvalue weighted by molar-refractivity contribution is 6.33. The molecule has 1 fully saturated rings. The number of methoxy groups -OCH3 is 1. The summed E-state index contributed by atoms with van der Waals surface area (Å²) in [5.41, 5.74) is 1.59. The predicted molar refractivity (Wildman–Crippen MR) is 79.9 cm³/mol. The Kier molecular flexibility index (Phi) is 3.96. The molecule has 0 radical (unpaired) electrons. The molecule has 3 rings (SSSR count). The van der Waals surface area contributed by atoms with E-state index in [1.165, 1.54) is 0 Å². The third kappa shape index (κ3) is 2.95. The van der Waals surface area contributed by atoms with Gasteiger partial charge in [-0.3, -0.25) is 0 Å². The van der Waals surface area contributed by atoms with Crippen molar-refractivity contribution in [3.8, 4) is 5.75 Å². The van der Waals surface area contributed by atoms with Gasteiger partial charge in [0.25, 0.3) is 0 Å². The van der Waals surface area contributed by atoms with Crippen molar-refractivity contribution in [1.82, 2.24) is 4.98 Å². The van der Waals surface area contributed by atoms with Crippen LogP contribution in [0.5, 0.6) is 5.75 Å². The largest absolute Gasteiger partial charge is 0.495 e. The number of hydrogen-bond acceptors (Lipinski definition) is 5. The topological polar surface area (TPSA) is 52.6 Å². The highest BCUT2D eigenvalue weighted by atomic mass is 35.5. The van der Waals surface area contributed by atoms with Crippen LogP contribution in [0.2, 0.25) is 5.02 Å². The lowest BCUT2D eigenvalue weighted by Gasteiger charge is -2.33. The molecule has 110 valence electrons. The highest BCUT2D eigenvalue weighted by Crippen LogP contribution is 2.35. The molecule has 1 aliphatic rings. The van der Waals surface area contributed by atoms with E-state index in [2.05, 4.69) is 10.3 Å². The fourth-order valence-electron chi connectivity index (χ4n) is 2.06. The second kappa shape index (κ2) is 5.89. The van der Waals surface area contributed by atoms with E-state index in [-0.39, 0.29) is 12.6 Å². The van der Waals surface area contributed by atoms with Gasteiger partial charge in [-0.25, -0.2) is 4.98 Å². The number of halogens is 1. The van der Waals surface area contributed by atoms with Crippen molar-refractivity contribution >= 4 is 23.1 Å². The average Bonchev–Trinajstić information content (AvgIpc) is 2.47. The normalized spacial score (nSPS) is 20.7. The summed E-state index contributed by atoms with van der Waals surface area (Å²) >= 11 is 6.26. The van der Waals surface area contributed by atoms with E-state index >= 15 is 0 Å². The van der Waals surface area contributed by atoms with Crippen LogP contribution in [0.15, 0.2) is 36.5 Å². The Hall–Kier alpha value is -1.82. The van der Waals surface area contributed by atoms with Crippen LogP contribution in [0.1, 0.15) is 18.8 Å². The Morgan fingerprint density at radius 1 is 1.29 bits per heavy atom. The van der Waals surface area contributed by atoms with E-state index in [1.54, 1.807) is 19.4 Å². The number of aromatic nitrogens is 1. The molecule has 1 saturated heterocycles. The SMILES string of the molecule is COc1ccccc1Nc1ncc(C2OC(C)O2)cc1Cl. The number of rotatable bonds is 4. The van der Waals surface area contributed by atoms with Crippen LogP contribution in [-0.4, -0.2) is 18.4 Å². The summed E-state index contributed by atoms with van der Waals surface area (Å²) in [7, 11) is 1.62. The molecule has 0 amide bonds. The molecule has 1 aliphatic heterocycles. The first-order valence-corrected chi connectivity index (χ1v) is 6.91. The van der Waals surface area contributed by atoms with Gasteiger partial charge in [0, 0.05) is 11.8 Å². The smallest absolute Gasteiger partial charge is 0.191 e. The average molecular weight is 307 g/mol. The van der Waals surface area contributed by atoms with Crippen LogP contribution < -0.4 is 10.1 Å². The monoisotopic (exact) mass is 306 g/mol. The number of nitrogens with one attached hydrogen (secondary N) is 1. The summed E-state index contributed by atoms with van der Waals surface area (Å²) < 4.78 is 16.1.